The molecule has 0 radical (unpaired) electrons. The predicted molar refractivity (Wildman–Crippen MR) is 133 cm³/mol. The average molecular weight is 472 g/mol. The van der Waals surface area contributed by atoms with E-state index < -0.39 is 10.8 Å². The van der Waals surface area contributed by atoms with Crippen molar-refractivity contribution in [2.45, 2.75) is 73.0 Å². The molecule has 6 heteroatoms. The van der Waals surface area contributed by atoms with E-state index in [1.807, 2.05) is 24.3 Å². The highest BCUT2D eigenvalue weighted by Gasteiger charge is 2.55. The molecule has 0 bridgehead atoms. The number of benzene rings is 1. The van der Waals surface area contributed by atoms with Crippen LogP contribution >= 0.6 is 0 Å². The zero-order chi connectivity index (χ0) is 25.1. The molecule has 0 amide bonds. The van der Waals surface area contributed by atoms with Crippen molar-refractivity contribution in [3.8, 4) is 5.75 Å². The van der Waals surface area contributed by atoms with Crippen molar-refractivity contribution in [3.05, 3.63) is 41.2 Å². The molecule has 0 saturated carbocycles. The van der Waals surface area contributed by atoms with E-state index in [1.54, 1.807) is 34.8 Å². The third-order valence-electron chi connectivity index (χ3n) is 7.56. The normalized spacial score (nSPS) is 22.5. The number of ketones is 2. The topological polar surface area (TPSA) is 76.1 Å². The smallest absolute Gasteiger partial charge is 0.176 e. The maximum atomic E-state index is 13.6. The first-order valence-electron chi connectivity index (χ1n) is 12.5. The Morgan fingerprint density at radius 3 is 2.21 bits per heavy atom. The number of hydrogen-bond acceptors (Lipinski definition) is 6. The molecule has 0 spiro atoms. The molecular weight excluding hydrogens is 430 g/mol. The number of Topliss-reactive ketones (excluding diaryl/α,β-unsaturated/α-hetero) is 2. The van der Waals surface area contributed by atoms with Gasteiger partial charge >= 0.3 is 0 Å². The van der Waals surface area contributed by atoms with Crippen LogP contribution in [0.4, 0.5) is 0 Å². The third kappa shape index (κ3) is 5.23. The number of nitrogens with zero attached hydrogens (tertiary/aromatic N) is 1. The zero-order valence-electron chi connectivity index (χ0n) is 21.6. The summed E-state index contributed by atoms with van der Waals surface area (Å²) in [5, 5.41) is 11.3. The van der Waals surface area contributed by atoms with Crippen molar-refractivity contribution >= 4 is 11.6 Å². The van der Waals surface area contributed by atoms with Crippen LogP contribution in [0.15, 0.2) is 35.6 Å². The first-order valence-corrected chi connectivity index (χ1v) is 12.5. The van der Waals surface area contributed by atoms with Crippen LogP contribution in [0.3, 0.4) is 0 Å². The molecule has 1 aromatic carbocycles. The number of allylic oxidation sites excluding steroid dienone is 1. The van der Waals surface area contributed by atoms with Gasteiger partial charge in [0.05, 0.1) is 30.1 Å². The number of aliphatic hydroxyl groups excluding tert-OH is 1. The number of ether oxygens (including phenoxy) is 2. The Morgan fingerprint density at radius 1 is 1.00 bits per heavy atom. The lowest BCUT2D eigenvalue weighted by Gasteiger charge is -2.45. The second kappa shape index (κ2) is 10.6. The van der Waals surface area contributed by atoms with Gasteiger partial charge < -0.3 is 14.6 Å². The number of hydrogen-bond donors (Lipinski definition) is 1. The minimum absolute atomic E-state index is 0.0524. The first kappa shape index (κ1) is 26.4. The van der Waals surface area contributed by atoms with Crippen molar-refractivity contribution in [1.29, 1.82) is 0 Å². The zero-order valence-corrected chi connectivity index (χ0v) is 21.6. The van der Waals surface area contributed by atoms with Crippen molar-refractivity contribution in [1.82, 2.24) is 4.90 Å². The average Bonchev–Trinajstić information content (AvgIpc) is 2.83. The molecule has 1 aliphatic heterocycles. The molecule has 0 aromatic heterocycles. The fourth-order valence-corrected chi connectivity index (χ4v) is 5.41. The highest BCUT2D eigenvalue weighted by molar-refractivity contribution is 6.19. The Balaban J connectivity index is 1.79. The van der Waals surface area contributed by atoms with Crippen LogP contribution in [0.25, 0.3) is 0 Å². The lowest BCUT2D eigenvalue weighted by Crippen LogP contribution is -2.55. The molecule has 1 N–H and O–H groups in total. The van der Waals surface area contributed by atoms with E-state index in [0.717, 1.165) is 43.7 Å². The lowest BCUT2D eigenvalue weighted by atomic mass is 9.61. The summed E-state index contributed by atoms with van der Waals surface area (Å²) in [5.74, 6) is 0.379. The SMILES string of the molecule is COc1ccc(COCCC(C)C(C2=C(O)C(C)(C)C(=O)C(C)(C)C2=O)N2CCCCC2)cc1. The van der Waals surface area contributed by atoms with Crippen LogP contribution in [0.1, 0.15) is 65.9 Å². The molecule has 1 aromatic rings. The molecule has 6 nitrogen and oxygen atoms in total. The van der Waals surface area contributed by atoms with Crippen LogP contribution in [-0.4, -0.2) is 54.4 Å². The molecule has 1 fully saturated rings. The third-order valence-corrected chi connectivity index (χ3v) is 7.56. The van der Waals surface area contributed by atoms with Gasteiger partial charge in [-0.2, -0.15) is 0 Å². The minimum atomic E-state index is -1.15. The quantitative estimate of drug-likeness (QED) is 0.398. The summed E-state index contributed by atoms with van der Waals surface area (Å²) in [6.07, 6.45) is 4.07. The summed E-state index contributed by atoms with van der Waals surface area (Å²) < 4.78 is 11.2. The van der Waals surface area contributed by atoms with Gasteiger partial charge in [-0.3, -0.25) is 14.5 Å². The van der Waals surface area contributed by atoms with Crippen LogP contribution < -0.4 is 4.74 Å². The van der Waals surface area contributed by atoms with E-state index >= 15 is 0 Å². The van der Waals surface area contributed by atoms with E-state index in [1.165, 1.54) is 6.42 Å². The molecule has 2 unspecified atom stereocenters. The van der Waals surface area contributed by atoms with Gasteiger partial charge in [-0.1, -0.05) is 25.5 Å². The first-order chi connectivity index (χ1) is 16.0. The molecule has 3 rings (SSSR count). The number of carbonyl (C=O) groups excluding carboxylic acids is 2. The van der Waals surface area contributed by atoms with Gasteiger partial charge in [-0.05, 0) is 83.7 Å². The van der Waals surface area contributed by atoms with Gasteiger partial charge in [0.1, 0.15) is 11.5 Å². The summed E-state index contributed by atoms with van der Waals surface area (Å²) in [4.78, 5) is 29.0. The highest BCUT2D eigenvalue weighted by Crippen LogP contribution is 2.46. The maximum absolute atomic E-state index is 13.6. The molecule has 2 aliphatic rings. The van der Waals surface area contributed by atoms with E-state index in [-0.39, 0.29) is 29.3 Å². The summed E-state index contributed by atoms with van der Waals surface area (Å²) in [5.41, 5.74) is -0.722. The number of methoxy groups -OCH3 is 1. The van der Waals surface area contributed by atoms with Crippen molar-refractivity contribution in [3.63, 3.8) is 0 Å². The molecule has 34 heavy (non-hydrogen) atoms. The Kier molecular flexibility index (Phi) is 8.25. The summed E-state index contributed by atoms with van der Waals surface area (Å²) in [6, 6.07) is 7.58. The molecule has 1 heterocycles. The predicted octanol–water partition coefficient (Wildman–Crippen LogP) is 5.11. The fourth-order valence-electron chi connectivity index (χ4n) is 5.41. The number of carbonyl (C=O) groups is 2. The van der Waals surface area contributed by atoms with E-state index in [0.29, 0.717) is 18.8 Å². The number of rotatable bonds is 9. The van der Waals surface area contributed by atoms with Crippen LogP contribution in [0.2, 0.25) is 0 Å². The Bertz CT molecular complexity index is 909. The Morgan fingerprint density at radius 2 is 1.62 bits per heavy atom. The fraction of sp³-hybridized carbons (Fsp3) is 0.643. The van der Waals surface area contributed by atoms with Gasteiger partial charge in [0.15, 0.2) is 11.6 Å². The Labute approximate surface area is 204 Å². The second-order valence-electron chi connectivity index (χ2n) is 10.9. The number of likely N-dealkylation sites (tertiary alicyclic amines) is 1. The van der Waals surface area contributed by atoms with Crippen molar-refractivity contribution in [2.75, 3.05) is 26.8 Å². The molecule has 2 atom stereocenters. The van der Waals surface area contributed by atoms with Crippen molar-refractivity contribution < 1.29 is 24.2 Å². The Hall–Kier alpha value is -2.18. The summed E-state index contributed by atoms with van der Waals surface area (Å²) in [6.45, 7) is 11.8. The summed E-state index contributed by atoms with van der Waals surface area (Å²) in [7, 11) is 1.65. The van der Waals surface area contributed by atoms with Gasteiger partial charge in [-0.15, -0.1) is 0 Å². The van der Waals surface area contributed by atoms with Crippen LogP contribution in [0.5, 0.6) is 5.75 Å². The van der Waals surface area contributed by atoms with Gasteiger partial charge in [-0.25, -0.2) is 0 Å². The number of aliphatic hydroxyl groups is 1. The summed E-state index contributed by atoms with van der Waals surface area (Å²) >= 11 is 0. The van der Waals surface area contributed by atoms with Gasteiger partial charge in [0.25, 0.3) is 0 Å². The van der Waals surface area contributed by atoms with Crippen molar-refractivity contribution in [2.24, 2.45) is 16.7 Å². The standard InChI is InChI=1S/C28H41NO5/c1-19(14-17-34-18-20-10-12-21(33-6)13-11-20)23(29-15-8-7-9-16-29)22-24(30)27(2,3)26(32)28(4,5)25(22)31/h10-13,19,23,30H,7-9,14-18H2,1-6H3. The van der Waals surface area contributed by atoms with Gasteiger partial charge in [0, 0.05) is 12.6 Å². The molecule has 1 aliphatic carbocycles. The molecule has 1 saturated heterocycles. The largest absolute Gasteiger partial charge is 0.511 e. The lowest BCUT2D eigenvalue weighted by molar-refractivity contribution is -0.145. The van der Waals surface area contributed by atoms with Crippen LogP contribution in [0, 0.1) is 16.7 Å². The second-order valence-corrected chi connectivity index (χ2v) is 10.9. The van der Waals surface area contributed by atoms with E-state index in [2.05, 4.69) is 11.8 Å². The van der Waals surface area contributed by atoms with Crippen LogP contribution in [-0.2, 0) is 20.9 Å². The number of piperidine rings is 1. The van der Waals surface area contributed by atoms with Gasteiger partial charge in [0.2, 0.25) is 0 Å². The maximum Gasteiger partial charge on any atom is 0.176 e. The van der Waals surface area contributed by atoms with E-state index in [9.17, 15) is 14.7 Å². The van der Waals surface area contributed by atoms with E-state index in [4.69, 9.17) is 9.47 Å². The monoisotopic (exact) mass is 471 g/mol. The highest BCUT2D eigenvalue weighted by atomic mass is 16.5. The molecule has 188 valence electrons. The minimum Gasteiger partial charge on any atom is -0.511 e. The molecular formula is C28H41NO5.